The van der Waals surface area contributed by atoms with E-state index in [0.717, 1.165) is 4.90 Å². The molecule has 1 saturated heterocycles. The van der Waals surface area contributed by atoms with E-state index in [0.29, 0.717) is 22.8 Å². The Bertz CT molecular complexity index is 1250. The summed E-state index contributed by atoms with van der Waals surface area (Å²) in [6.45, 7) is 10.5. The van der Waals surface area contributed by atoms with Crippen LogP contribution in [-0.4, -0.2) is 75.5 Å². The number of carbonyl (C=O) groups is 2. The molecule has 39 heavy (non-hydrogen) atoms. The van der Waals surface area contributed by atoms with Gasteiger partial charge in [-0.2, -0.15) is 0 Å². The van der Waals surface area contributed by atoms with Gasteiger partial charge < -0.3 is 28.6 Å². The molecule has 0 spiro atoms. The molecule has 2 aromatic rings. The molecule has 1 amide bonds. The lowest BCUT2D eigenvalue weighted by molar-refractivity contribution is -0.241. The first-order valence-corrected chi connectivity index (χ1v) is 17.2. The highest BCUT2D eigenvalue weighted by atomic mass is 32.2. The molecule has 1 N–H and O–H groups in total. The third-order valence-corrected chi connectivity index (χ3v) is 9.64. The van der Waals surface area contributed by atoms with Crippen LogP contribution in [0.15, 0.2) is 66.1 Å². The zero-order valence-electron chi connectivity index (χ0n) is 23.4. The summed E-state index contributed by atoms with van der Waals surface area (Å²) in [6.07, 6.45) is 0.105. The van der Waals surface area contributed by atoms with E-state index >= 15 is 0 Å². The van der Waals surface area contributed by atoms with E-state index in [4.69, 9.17) is 18.6 Å². The standard InChI is InChI=1S/C29H37NO7SSi/c1-8-27(37-39(5,6)7)19-28(26(33)36-4)24(31)25(32)30(16-17-38-21-12-10-9-11-13-21)29(27,28)20-14-15-22(34-2)23(18-20)35-3/h8-15,18,24,31H,1,16-17,19H2,2-7H3/t24-,27-,28-,29-/m0/s1. The SMILES string of the molecule is C=C[C@]1(O[Si](C)(C)C)C[C@@]2(C(=O)OC)[C@@H](O)C(=O)N(CCSc3ccccc3)[C@@]12c1ccc(OC)c(OC)c1. The monoisotopic (exact) mass is 571 g/mol. The minimum Gasteiger partial charge on any atom is -0.493 e. The Labute approximate surface area is 235 Å². The van der Waals surface area contributed by atoms with Crippen molar-refractivity contribution in [1.29, 1.82) is 0 Å². The Morgan fingerprint density at radius 3 is 2.36 bits per heavy atom. The van der Waals surface area contributed by atoms with Gasteiger partial charge in [0.15, 0.2) is 25.9 Å². The Balaban J connectivity index is 1.97. The van der Waals surface area contributed by atoms with Crippen LogP contribution in [0.1, 0.15) is 12.0 Å². The van der Waals surface area contributed by atoms with Crippen molar-refractivity contribution in [2.75, 3.05) is 33.6 Å². The van der Waals surface area contributed by atoms with Gasteiger partial charge in [-0.15, -0.1) is 18.3 Å². The average Bonchev–Trinajstić information content (AvgIpc) is 3.07. The summed E-state index contributed by atoms with van der Waals surface area (Å²) >= 11 is 1.59. The number of likely N-dealkylation sites (tertiary alicyclic amines) is 1. The van der Waals surface area contributed by atoms with Crippen molar-refractivity contribution >= 4 is 32.0 Å². The number of carbonyl (C=O) groups excluding carboxylic acids is 2. The van der Waals surface area contributed by atoms with Crippen LogP contribution < -0.4 is 9.47 Å². The molecule has 4 rings (SSSR count). The number of aliphatic hydroxyl groups excluding tert-OH is 1. The van der Waals surface area contributed by atoms with Gasteiger partial charge in [0.05, 0.1) is 21.3 Å². The van der Waals surface area contributed by atoms with Crippen LogP contribution in [0.4, 0.5) is 0 Å². The predicted molar refractivity (Wildman–Crippen MR) is 153 cm³/mol. The maximum absolute atomic E-state index is 14.0. The van der Waals surface area contributed by atoms with Crippen molar-refractivity contribution in [3.05, 3.63) is 66.7 Å². The number of aliphatic hydroxyl groups is 1. The molecule has 1 saturated carbocycles. The molecule has 1 heterocycles. The molecule has 2 fully saturated rings. The molecule has 10 heteroatoms. The maximum atomic E-state index is 14.0. The van der Waals surface area contributed by atoms with Crippen molar-refractivity contribution in [1.82, 2.24) is 4.90 Å². The second-order valence-electron chi connectivity index (χ2n) is 10.8. The number of hydrogen-bond acceptors (Lipinski definition) is 8. The fourth-order valence-electron chi connectivity index (χ4n) is 6.43. The molecule has 1 aliphatic carbocycles. The molecule has 4 atom stereocenters. The van der Waals surface area contributed by atoms with Gasteiger partial charge in [0.1, 0.15) is 16.6 Å². The second kappa shape index (κ2) is 10.6. The zero-order valence-corrected chi connectivity index (χ0v) is 25.2. The first-order chi connectivity index (χ1) is 18.5. The number of benzene rings is 2. The Morgan fingerprint density at radius 2 is 1.79 bits per heavy atom. The van der Waals surface area contributed by atoms with Crippen molar-refractivity contribution in [3.63, 3.8) is 0 Å². The summed E-state index contributed by atoms with van der Waals surface area (Å²) in [7, 11) is 2.03. The Hall–Kier alpha value is -2.79. The molecule has 0 bridgehead atoms. The van der Waals surface area contributed by atoms with Gasteiger partial charge in [-0.1, -0.05) is 30.3 Å². The number of amides is 1. The van der Waals surface area contributed by atoms with E-state index in [1.165, 1.54) is 21.3 Å². The van der Waals surface area contributed by atoms with Gasteiger partial charge in [0.25, 0.3) is 5.91 Å². The van der Waals surface area contributed by atoms with Crippen molar-refractivity contribution in [3.8, 4) is 11.5 Å². The highest BCUT2D eigenvalue weighted by molar-refractivity contribution is 7.99. The van der Waals surface area contributed by atoms with Crippen LogP contribution in [0.3, 0.4) is 0 Å². The number of nitrogens with zero attached hydrogens (tertiary/aromatic N) is 1. The van der Waals surface area contributed by atoms with E-state index in [1.807, 2.05) is 50.0 Å². The minimum atomic E-state index is -2.30. The first-order valence-electron chi connectivity index (χ1n) is 12.8. The van der Waals surface area contributed by atoms with E-state index in [9.17, 15) is 14.7 Å². The minimum absolute atomic E-state index is 0.0457. The highest BCUT2D eigenvalue weighted by Gasteiger charge is 2.88. The van der Waals surface area contributed by atoms with Crippen LogP contribution in [0.25, 0.3) is 0 Å². The van der Waals surface area contributed by atoms with Crippen molar-refractivity contribution in [2.24, 2.45) is 5.41 Å². The Kier molecular flexibility index (Phi) is 7.97. The Morgan fingerprint density at radius 1 is 1.13 bits per heavy atom. The summed E-state index contributed by atoms with van der Waals surface area (Å²) in [5.74, 6) is 0.217. The van der Waals surface area contributed by atoms with Gasteiger partial charge in [0, 0.05) is 23.6 Å². The third-order valence-electron chi connectivity index (χ3n) is 7.67. The highest BCUT2D eigenvalue weighted by Crippen LogP contribution is 2.73. The normalized spacial score (nSPS) is 27.9. The van der Waals surface area contributed by atoms with E-state index in [-0.39, 0.29) is 13.0 Å². The van der Waals surface area contributed by atoms with E-state index in [2.05, 4.69) is 6.58 Å². The molecular formula is C29H37NO7SSi. The van der Waals surface area contributed by atoms with Crippen LogP contribution in [0, 0.1) is 5.41 Å². The number of thioether (sulfide) groups is 1. The first kappa shape index (κ1) is 29.2. The van der Waals surface area contributed by atoms with E-state index < -0.39 is 42.9 Å². The molecule has 0 radical (unpaired) electrons. The summed E-state index contributed by atoms with van der Waals surface area (Å²) < 4.78 is 23.2. The second-order valence-corrected chi connectivity index (χ2v) is 16.4. The predicted octanol–water partition coefficient (Wildman–Crippen LogP) is 4.23. The average molecular weight is 572 g/mol. The maximum Gasteiger partial charge on any atom is 0.318 e. The fourth-order valence-corrected chi connectivity index (χ4v) is 8.68. The van der Waals surface area contributed by atoms with Crippen molar-refractivity contribution in [2.45, 2.75) is 48.2 Å². The number of esters is 1. The lowest BCUT2D eigenvalue weighted by Crippen LogP contribution is -2.80. The zero-order chi connectivity index (χ0) is 28.6. The molecule has 2 aromatic carbocycles. The molecule has 8 nitrogen and oxygen atoms in total. The quantitative estimate of drug-likeness (QED) is 0.185. The lowest BCUT2D eigenvalue weighted by atomic mass is 9.43. The fraction of sp³-hybridized carbons (Fsp3) is 0.448. The van der Waals surface area contributed by atoms with Crippen molar-refractivity contribution < 1.29 is 33.3 Å². The van der Waals surface area contributed by atoms with Crippen LogP contribution in [0.2, 0.25) is 19.6 Å². The smallest absolute Gasteiger partial charge is 0.318 e. The molecule has 1 aliphatic heterocycles. The van der Waals surface area contributed by atoms with Crippen LogP contribution in [0.5, 0.6) is 11.5 Å². The van der Waals surface area contributed by atoms with Crippen LogP contribution >= 0.6 is 11.8 Å². The number of ether oxygens (including phenoxy) is 3. The van der Waals surface area contributed by atoms with Crippen LogP contribution in [-0.2, 0) is 24.3 Å². The van der Waals surface area contributed by atoms with E-state index in [1.54, 1.807) is 40.9 Å². The van der Waals surface area contributed by atoms with Gasteiger partial charge in [-0.05, 0) is 49.5 Å². The number of fused-ring (bicyclic) bond motifs is 1. The number of methoxy groups -OCH3 is 3. The number of hydrogen-bond donors (Lipinski definition) is 1. The van der Waals surface area contributed by atoms with Gasteiger partial charge in [0.2, 0.25) is 0 Å². The molecule has 0 aromatic heterocycles. The molecular weight excluding hydrogens is 534 g/mol. The third kappa shape index (κ3) is 4.28. The molecule has 2 aliphatic rings. The largest absolute Gasteiger partial charge is 0.493 e. The van der Waals surface area contributed by atoms with Gasteiger partial charge in [-0.25, -0.2) is 0 Å². The topological polar surface area (TPSA) is 94.5 Å². The summed E-state index contributed by atoms with van der Waals surface area (Å²) in [5, 5.41) is 11.6. The summed E-state index contributed by atoms with van der Waals surface area (Å²) in [6, 6.07) is 15.1. The number of rotatable bonds is 11. The summed E-state index contributed by atoms with van der Waals surface area (Å²) in [5.41, 5.74) is -3.66. The molecule has 210 valence electrons. The van der Waals surface area contributed by atoms with Gasteiger partial charge >= 0.3 is 5.97 Å². The molecule has 0 unspecified atom stereocenters. The lowest BCUT2D eigenvalue weighted by Gasteiger charge is -2.68. The van der Waals surface area contributed by atoms with Gasteiger partial charge in [-0.3, -0.25) is 9.59 Å². The summed E-state index contributed by atoms with van der Waals surface area (Å²) in [4.78, 5) is 30.4.